The van der Waals surface area contributed by atoms with Gasteiger partial charge < -0.3 is 9.30 Å². The maximum Gasteiger partial charge on any atom is 0.354 e. The molecule has 0 aliphatic heterocycles. The summed E-state index contributed by atoms with van der Waals surface area (Å²) >= 11 is 0. The summed E-state index contributed by atoms with van der Waals surface area (Å²) in [7, 11) is -3.59. The Morgan fingerprint density at radius 3 is 2.48 bits per heavy atom. The van der Waals surface area contributed by atoms with Crippen molar-refractivity contribution in [3.8, 4) is 0 Å². The van der Waals surface area contributed by atoms with E-state index in [0.29, 0.717) is 5.69 Å². The fraction of sp³-hybridized carbons (Fsp3) is 0.312. The van der Waals surface area contributed by atoms with Crippen LogP contribution in [-0.4, -0.2) is 38.4 Å². The topological polar surface area (TPSA) is 74.6 Å². The molecule has 6 nitrogen and oxygen atoms in total. The fourth-order valence-corrected chi connectivity index (χ4v) is 2.62. The standard InChI is InChI=1S/C16H19NO5S/c1-3-21-16(18)14-10-7-11-17(14)15(12-22-23(2,19)20)13-8-5-4-6-9-13/h4-11,15H,3,12H2,1-2H3. The Hall–Kier alpha value is -2.12. The molecule has 1 aromatic heterocycles. The largest absolute Gasteiger partial charge is 0.461 e. The maximum absolute atomic E-state index is 12.1. The first-order chi connectivity index (χ1) is 10.9. The summed E-state index contributed by atoms with van der Waals surface area (Å²) < 4.78 is 34.3. The molecule has 1 aromatic carbocycles. The highest BCUT2D eigenvalue weighted by Gasteiger charge is 2.22. The molecule has 0 spiro atoms. The SMILES string of the molecule is CCOC(=O)c1cccn1C(COS(C)(=O)=O)c1ccccc1. The van der Waals surface area contributed by atoms with Gasteiger partial charge in [-0.3, -0.25) is 4.18 Å². The zero-order chi connectivity index (χ0) is 16.9. The van der Waals surface area contributed by atoms with Crippen LogP contribution in [0.4, 0.5) is 0 Å². The minimum atomic E-state index is -3.59. The molecule has 0 saturated carbocycles. The lowest BCUT2D eigenvalue weighted by Gasteiger charge is -2.21. The van der Waals surface area contributed by atoms with E-state index in [-0.39, 0.29) is 13.2 Å². The van der Waals surface area contributed by atoms with E-state index in [9.17, 15) is 13.2 Å². The summed E-state index contributed by atoms with van der Waals surface area (Å²) in [5, 5.41) is 0. The van der Waals surface area contributed by atoms with Crippen LogP contribution in [0.25, 0.3) is 0 Å². The average molecular weight is 337 g/mol. The minimum absolute atomic E-state index is 0.107. The van der Waals surface area contributed by atoms with Crippen molar-refractivity contribution in [2.75, 3.05) is 19.5 Å². The number of hydrogen-bond acceptors (Lipinski definition) is 5. The van der Waals surface area contributed by atoms with Crippen LogP contribution in [0.3, 0.4) is 0 Å². The second-order valence-corrected chi connectivity index (χ2v) is 6.58. The van der Waals surface area contributed by atoms with E-state index in [4.69, 9.17) is 8.92 Å². The van der Waals surface area contributed by atoms with Gasteiger partial charge in [0.1, 0.15) is 5.69 Å². The van der Waals surface area contributed by atoms with Gasteiger partial charge in [0.25, 0.3) is 10.1 Å². The number of ether oxygens (including phenoxy) is 1. The smallest absolute Gasteiger partial charge is 0.354 e. The van der Waals surface area contributed by atoms with Crippen LogP contribution in [0.5, 0.6) is 0 Å². The minimum Gasteiger partial charge on any atom is -0.461 e. The van der Waals surface area contributed by atoms with Gasteiger partial charge in [0, 0.05) is 6.20 Å². The van der Waals surface area contributed by atoms with Gasteiger partial charge in [0.05, 0.1) is 25.5 Å². The van der Waals surface area contributed by atoms with Gasteiger partial charge in [-0.25, -0.2) is 4.79 Å². The third kappa shape index (κ3) is 4.67. The Bertz CT molecular complexity index is 752. The molecule has 1 atom stereocenters. The second kappa shape index (κ2) is 7.43. The van der Waals surface area contributed by atoms with E-state index in [1.54, 1.807) is 29.8 Å². The molecule has 2 aromatic rings. The summed E-state index contributed by atoms with van der Waals surface area (Å²) in [4.78, 5) is 12.1. The van der Waals surface area contributed by atoms with Crippen molar-refractivity contribution in [1.82, 2.24) is 4.57 Å². The first-order valence-electron chi connectivity index (χ1n) is 7.15. The lowest BCUT2D eigenvalue weighted by atomic mass is 10.1. The van der Waals surface area contributed by atoms with Crippen molar-refractivity contribution in [3.63, 3.8) is 0 Å². The van der Waals surface area contributed by atoms with E-state index in [1.165, 1.54) is 0 Å². The van der Waals surface area contributed by atoms with Crippen molar-refractivity contribution < 1.29 is 22.1 Å². The van der Waals surface area contributed by atoms with Gasteiger partial charge >= 0.3 is 5.97 Å². The van der Waals surface area contributed by atoms with Crippen LogP contribution in [0.2, 0.25) is 0 Å². The van der Waals surface area contributed by atoms with Gasteiger partial charge in [-0.1, -0.05) is 30.3 Å². The van der Waals surface area contributed by atoms with Crippen LogP contribution < -0.4 is 0 Å². The third-order valence-electron chi connectivity index (χ3n) is 3.22. The zero-order valence-electron chi connectivity index (χ0n) is 13.0. The number of nitrogens with zero attached hydrogens (tertiary/aromatic N) is 1. The molecular formula is C16H19NO5S. The number of hydrogen-bond donors (Lipinski definition) is 0. The molecule has 0 N–H and O–H groups in total. The maximum atomic E-state index is 12.1. The molecular weight excluding hydrogens is 318 g/mol. The van der Waals surface area contributed by atoms with Gasteiger partial charge in [0.15, 0.2) is 0 Å². The lowest BCUT2D eigenvalue weighted by molar-refractivity contribution is 0.0511. The molecule has 2 rings (SSSR count). The number of esters is 1. The summed E-state index contributed by atoms with van der Waals surface area (Å²) in [6.45, 7) is 1.89. The molecule has 23 heavy (non-hydrogen) atoms. The Labute approximate surface area is 135 Å². The van der Waals surface area contributed by atoms with Crippen molar-refractivity contribution in [2.45, 2.75) is 13.0 Å². The van der Waals surface area contributed by atoms with Crippen molar-refractivity contribution in [3.05, 3.63) is 59.9 Å². The Balaban J connectivity index is 2.38. The quantitative estimate of drug-likeness (QED) is 0.572. The van der Waals surface area contributed by atoms with Crippen LogP contribution in [0.1, 0.15) is 29.0 Å². The van der Waals surface area contributed by atoms with E-state index >= 15 is 0 Å². The van der Waals surface area contributed by atoms with Crippen molar-refractivity contribution in [1.29, 1.82) is 0 Å². The molecule has 0 aliphatic carbocycles. The predicted octanol–water partition coefficient (Wildman–Crippen LogP) is 2.23. The van der Waals surface area contributed by atoms with E-state index in [0.717, 1.165) is 11.8 Å². The normalized spacial score (nSPS) is 12.8. The van der Waals surface area contributed by atoms with Gasteiger partial charge in [-0.2, -0.15) is 8.42 Å². The number of carbonyl (C=O) groups excluding carboxylic acids is 1. The summed E-state index contributed by atoms with van der Waals surface area (Å²) in [6.07, 6.45) is 2.70. The predicted molar refractivity (Wildman–Crippen MR) is 85.8 cm³/mol. The number of aromatic nitrogens is 1. The first-order valence-corrected chi connectivity index (χ1v) is 8.97. The Morgan fingerprint density at radius 1 is 1.17 bits per heavy atom. The fourth-order valence-electron chi connectivity index (χ4n) is 2.24. The molecule has 0 radical (unpaired) electrons. The summed E-state index contributed by atoms with van der Waals surface area (Å²) in [6, 6.07) is 12.1. The average Bonchev–Trinajstić information content (AvgIpc) is 2.97. The molecule has 1 heterocycles. The Morgan fingerprint density at radius 2 is 1.87 bits per heavy atom. The van der Waals surface area contributed by atoms with Gasteiger partial charge in [-0.15, -0.1) is 0 Å². The van der Waals surface area contributed by atoms with Crippen LogP contribution in [0.15, 0.2) is 48.7 Å². The molecule has 0 aliphatic rings. The van der Waals surface area contributed by atoms with Crippen LogP contribution >= 0.6 is 0 Å². The molecule has 1 unspecified atom stereocenters. The Kier molecular flexibility index (Phi) is 5.57. The monoisotopic (exact) mass is 337 g/mol. The van der Waals surface area contributed by atoms with Gasteiger partial charge in [0.2, 0.25) is 0 Å². The van der Waals surface area contributed by atoms with E-state index in [2.05, 4.69) is 0 Å². The first kappa shape index (κ1) is 17.2. The van der Waals surface area contributed by atoms with Crippen molar-refractivity contribution >= 4 is 16.1 Å². The highest BCUT2D eigenvalue weighted by atomic mass is 32.2. The van der Waals surface area contributed by atoms with Crippen LogP contribution in [0, 0.1) is 0 Å². The zero-order valence-corrected chi connectivity index (χ0v) is 13.8. The number of rotatable bonds is 7. The van der Waals surface area contributed by atoms with E-state index < -0.39 is 22.1 Å². The highest BCUT2D eigenvalue weighted by Crippen LogP contribution is 2.22. The molecule has 124 valence electrons. The number of benzene rings is 1. The van der Waals surface area contributed by atoms with E-state index in [1.807, 2.05) is 30.3 Å². The molecule has 0 saturated heterocycles. The summed E-state index contributed by atoms with van der Waals surface area (Å²) in [5.41, 5.74) is 1.18. The van der Waals surface area contributed by atoms with Crippen LogP contribution in [-0.2, 0) is 19.0 Å². The highest BCUT2D eigenvalue weighted by molar-refractivity contribution is 7.85. The molecule has 0 fully saturated rings. The molecule has 0 amide bonds. The summed E-state index contributed by atoms with van der Waals surface area (Å²) in [5.74, 6) is -0.460. The number of carbonyl (C=O) groups is 1. The molecule has 0 bridgehead atoms. The molecule has 7 heteroatoms. The van der Waals surface area contributed by atoms with Gasteiger partial charge in [-0.05, 0) is 24.6 Å². The van der Waals surface area contributed by atoms with Crippen molar-refractivity contribution in [2.24, 2.45) is 0 Å². The lowest BCUT2D eigenvalue weighted by Crippen LogP contribution is -2.22. The second-order valence-electron chi connectivity index (χ2n) is 4.94. The third-order valence-corrected chi connectivity index (χ3v) is 3.79.